The van der Waals surface area contributed by atoms with E-state index in [0.717, 1.165) is 35.4 Å². The minimum absolute atomic E-state index is 0.218. The minimum Gasteiger partial charge on any atom is -0.496 e. The van der Waals surface area contributed by atoms with Gasteiger partial charge in [0.2, 0.25) is 0 Å². The maximum Gasteiger partial charge on any atom is 0.261 e. The van der Waals surface area contributed by atoms with Crippen LogP contribution in [0.3, 0.4) is 0 Å². The summed E-state index contributed by atoms with van der Waals surface area (Å²) >= 11 is 1.54. The lowest BCUT2D eigenvalue weighted by atomic mass is 9.91. The van der Waals surface area contributed by atoms with Crippen LogP contribution in [0.25, 0.3) is 11.3 Å². The second-order valence-corrected chi connectivity index (χ2v) is 7.51. The maximum atomic E-state index is 12.6. The van der Waals surface area contributed by atoms with Crippen molar-refractivity contribution in [2.75, 3.05) is 19.5 Å². The van der Waals surface area contributed by atoms with Gasteiger partial charge in [-0.2, -0.15) is 0 Å². The Morgan fingerprint density at radius 3 is 2.67 bits per heavy atom. The van der Waals surface area contributed by atoms with Crippen molar-refractivity contribution >= 4 is 22.4 Å². The molecule has 1 aromatic heterocycles. The number of aromatic nitrogens is 1. The van der Waals surface area contributed by atoms with Crippen LogP contribution in [0.1, 0.15) is 26.4 Å². The standard InChI is InChI=1S/C21H20N2O3S/c1-12-10-15-13(11-17(12)26-3)8-9-18-19(15)22-21(27-18)23-20(24)14-6-4-5-7-16(14)25-2/h4-7,10-11H,8-9H2,1-3H3,(H,22,23,24). The Labute approximate surface area is 162 Å². The predicted molar refractivity (Wildman–Crippen MR) is 107 cm³/mol. The normalized spacial score (nSPS) is 12.1. The molecule has 1 heterocycles. The number of benzene rings is 2. The van der Waals surface area contributed by atoms with Gasteiger partial charge < -0.3 is 9.47 Å². The van der Waals surface area contributed by atoms with Gasteiger partial charge >= 0.3 is 0 Å². The second-order valence-electron chi connectivity index (χ2n) is 6.42. The molecule has 6 heteroatoms. The molecule has 1 amide bonds. The average molecular weight is 380 g/mol. The van der Waals surface area contributed by atoms with Crippen molar-refractivity contribution < 1.29 is 14.3 Å². The van der Waals surface area contributed by atoms with Crippen LogP contribution < -0.4 is 14.8 Å². The number of nitrogens with zero attached hydrogens (tertiary/aromatic N) is 1. The van der Waals surface area contributed by atoms with Gasteiger partial charge in [0.25, 0.3) is 5.91 Å². The Hall–Kier alpha value is -2.86. The SMILES string of the molecule is COc1cc2c(cc1C)-c1nc(NC(=O)c3ccccc3OC)sc1CC2. The molecule has 0 saturated heterocycles. The molecule has 0 radical (unpaired) electrons. The van der Waals surface area contributed by atoms with Crippen LogP contribution in [-0.2, 0) is 12.8 Å². The number of carbonyl (C=O) groups is 1. The van der Waals surface area contributed by atoms with Crippen LogP contribution in [0, 0.1) is 6.92 Å². The minimum atomic E-state index is -0.218. The van der Waals surface area contributed by atoms with E-state index in [1.54, 1.807) is 26.4 Å². The molecule has 0 unspecified atom stereocenters. The lowest BCUT2D eigenvalue weighted by Crippen LogP contribution is -2.12. The van der Waals surface area contributed by atoms with Gasteiger partial charge in [0.05, 0.1) is 25.5 Å². The Morgan fingerprint density at radius 2 is 1.89 bits per heavy atom. The van der Waals surface area contributed by atoms with Gasteiger partial charge in [-0.1, -0.05) is 12.1 Å². The van der Waals surface area contributed by atoms with E-state index in [1.807, 2.05) is 19.1 Å². The van der Waals surface area contributed by atoms with Crippen molar-refractivity contribution in [2.45, 2.75) is 19.8 Å². The van der Waals surface area contributed by atoms with Gasteiger partial charge in [-0.3, -0.25) is 10.1 Å². The molecule has 1 N–H and O–H groups in total. The van der Waals surface area contributed by atoms with Crippen LogP contribution in [0.2, 0.25) is 0 Å². The Balaban J connectivity index is 1.65. The summed E-state index contributed by atoms with van der Waals surface area (Å²) in [4.78, 5) is 18.6. The number of rotatable bonds is 4. The van der Waals surface area contributed by atoms with E-state index in [-0.39, 0.29) is 5.91 Å². The number of aryl methyl sites for hydroxylation is 3. The number of hydrogen-bond acceptors (Lipinski definition) is 5. The summed E-state index contributed by atoms with van der Waals surface area (Å²) in [5.74, 6) is 1.23. The maximum absolute atomic E-state index is 12.6. The summed E-state index contributed by atoms with van der Waals surface area (Å²) in [5.41, 5.74) is 4.90. The summed E-state index contributed by atoms with van der Waals surface area (Å²) in [7, 11) is 3.25. The van der Waals surface area contributed by atoms with Crippen LogP contribution in [0.4, 0.5) is 5.13 Å². The second kappa shape index (κ2) is 7.04. The molecule has 1 aliphatic rings. The summed E-state index contributed by atoms with van der Waals surface area (Å²) in [6.45, 7) is 2.03. The van der Waals surface area contributed by atoms with Crippen LogP contribution in [0.5, 0.6) is 11.5 Å². The number of carbonyl (C=O) groups excluding carboxylic acids is 1. The van der Waals surface area contributed by atoms with E-state index >= 15 is 0 Å². The third-order valence-electron chi connectivity index (χ3n) is 4.77. The van der Waals surface area contributed by atoms with E-state index in [2.05, 4.69) is 17.4 Å². The molecule has 0 atom stereocenters. The number of thiazole rings is 1. The molecule has 0 saturated carbocycles. The monoisotopic (exact) mass is 380 g/mol. The van der Waals surface area contributed by atoms with E-state index in [0.29, 0.717) is 16.4 Å². The van der Waals surface area contributed by atoms with Crippen LogP contribution >= 0.6 is 11.3 Å². The van der Waals surface area contributed by atoms with Crippen LogP contribution in [0.15, 0.2) is 36.4 Å². The fourth-order valence-electron chi connectivity index (χ4n) is 3.41. The smallest absolute Gasteiger partial charge is 0.261 e. The molecule has 27 heavy (non-hydrogen) atoms. The molecule has 2 aromatic carbocycles. The van der Waals surface area contributed by atoms with E-state index in [9.17, 15) is 4.79 Å². The average Bonchev–Trinajstić information content (AvgIpc) is 3.10. The third kappa shape index (κ3) is 3.17. The topological polar surface area (TPSA) is 60.5 Å². The van der Waals surface area contributed by atoms with Crippen molar-refractivity contribution in [3.8, 4) is 22.8 Å². The molecule has 1 aliphatic carbocycles. The molecule has 5 nitrogen and oxygen atoms in total. The summed E-state index contributed by atoms with van der Waals surface area (Å²) in [6, 6.07) is 11.4. The van der Waals surface area contributed by atoms with Crippen LogP contribution in [-0.4, -0.2) is 25.1 Å². The quantitative estimate of drug-likeness (QED) is 0.725. The first-order chi connectivity index (χ1) is 13.1. The zero-order valence-corrected chi connectivity index (χ0v) is 16.3. The zero-order chi connectivity index (χ0) is 19.0. The summed E-state index contributed by atoms with van der Waals surface area (Å²) < 4.78 is 10.7. The van der Waals surface area contributed by atoms with Crippen molar-refractivity contribution in [3.05, 3.63) is 58.0 Å². The van der Waals surface area contributed by atoms with Crippen molar-refractivity contribution in [1.29, 1.82) is 0 Å². The van der Waals surface area contributed by atoms with Gasteiger partial charge in [0.1, 0.15) is 11.5 Å². The summed E-state index contributed by atoms with van der Waals surface area (Å²) in [6.07, 6.45) is 1.86. The molecular weight excluding hydrogens is 360 g/mol. The largest absolute Gasteiger partial charge is 0.496 e. The highest BCUT2D eigenvalue weighted by atomic mass is 32.1. The van der Waals surface area contributed by atoms with Crippen molar-refractivity contribution in [3.63, 3.8) is 0 Å². The van der Waals surface area contributed by atoms with Gasteiger partial charge in [0, 0.05) is 10.4 Å². The molecular formula is C21H20N2O3S. The van der Waals surface area contributed by atoms with Crippen molar-refractivity contribution in [2.24, 2.45) is 0 Å². The highest BCUT2D eigenvalue weighted by Crippen LogP contribution is 2.40. The highest BCUT2D eigenvalue weighted by molar-refractivity contribution is 7.16. The molecule has 0 fully saturated rings. The highest BCUT2D eigenvalue weighted by Gasteiger charge is 2.23. The Morgan fingerprint density at radius 1 is 1.11 bits per heavy atom. The third-order valence-corrected chi connectivity index (χ3v) is 5.80. The van der Waals surface area contributed by atoms with Gasteiger partial charge in [-0.05, 0) is 55.2 Å². The van der Waals surface area contributed by atoms with Gasteiger partial charge in [-0.25, -0.2) is 4.98 Å². The number of fused-ring (bicyclic) bond motifs is 3. The number of ether oxygens (including phenoxy) is 2. The number of para-hydroxylation sites is 1. The molecule has 4 rings (SSSR count). The number of anilines is 1. The number of hydrogen-bond donors (Lipinski definition) is 1. The van der Waals surface area contributed by atoms with E-state index in [4.69, 9.17) is 14.5 Å². The molecule has 138 valence electrons. The lowest BCUT2D eigenvalue weighted by molar-refractivity contribution is 0.102. The van der Waals surface area contributed by atoms with E-state index < -0.39 is 0 Å². The number of amides is 1. The molecule has 3 aromatic rings. The first-order valence-corrected chi connectivity index (χ1v) is 9.54. The predicted octanol–water partition coefficient (Wildman–Crippen LogP) is 4.49. The van der Waals surface area contributed by atoms with Crippen molar-refractivity contribution in [1.82, 2.24) is 4.98 Å². The van der Waals surface area contributed by atoms with E-state index in [1.165, 1.54) is 21.8 Å². The first-order valence-electron chi connectivity index (χ1n) is 8.72. The molecule has 0 spiro atoms. The first kappa shape index (κ1) is 17.5. The number of methoxy groups -OCH3 is 2. The van der Waals surface area contributed by atoms with Gasteiger partial charge in [0.15, 0.2) is 5.13 Å². The lowest BCUT2D eigenvalue weighted by Gasteiger charge is -2.17. The Bertz CT molecular complexity index is 1030. The molecule has 0 bridgehead atoms. The summed E-state index contributed by atoms with van der Waals surface area (Å²) in [5, 5.41) is 3.53. The fourth-order valence-corrected chi connectivity index (χ4v) is 4.38. The molecule has 0 aliphatic heterocycles. The van der Waals surface area contributed by atoms with Gasteiger partial charge in [-0.15, -0.1) is 11.3 Å². The Kier molecular flexibility index (Phi) is 4.58. The zero-order valence-electron chi connectivity index (χ0n) is 15.5. The number of nitrogens with one attached hydrogen (secondary N) is 1. The fraction of sp³-hybridized carbons (Fsp3) is 0.238.